The van der Waals surface area contributed by atoms with Gasteiger partial charge >= 0.3 is 0 Å². The average molecular weight is 385 g/mol. The molecule has 0 fully saturated rings. The van der Waals surface area contributed by atoms with Crippen molar-refractivity contribution in [1.82, 2.24) is 25.1 Å². The summed E-state index contributed by atoms with van der Waals surface area (Å²) in [5.41, 5.74) is 1.30. The minimum absolute atomic E-state index is 0.0142. The number of rotatable bonds is 8. The fourth-order valence-electron chi connectivity index (χ4n) is 2.53. The van der Waals surface area contributed by atoms with Crippen molar-refractivity contribution in [3.05, 3.63) is 30.3 Å². The predicted octanol–water partition coefficient (Wildman–Crippen LogP) is 1.96. The lowest BCUT2D eigenvalue weighted by Gasteiger charge is -2.10. The predicted molar refractivity (Wildman–Crippen MR) is 103 cm³/mol. The summed E-state index contributed by atoms with van der Waals surface area (Å²) < 4.78 is 17.9. The number of aromatic nitrogens is 4. The van der Waals surface area contributed by atoms with Gasteiger partial charge in [0.05, 0.1) is 26.3 Å². The van der Waals surface area contributed by atoms with Gasteiger partial charge in [0.15, 0.2) is 11.5 Å². The second-order valence-electron chi connectivity index (χ2n) is 6.33. The van der Waals surface area contributed by atoms with E-state index >= 15 is 0 Å². The highest BCUT2D eigenvalue weighted by atomic mass is 16.5. The zero-order valence-corrected chi connectivity index (χ0v) is 16.3. The van der Waals surface area contributed by atoms with Crippen LogP contribution in [-0.4, -0.2) is 53.1 Å². The zero-order chi connectivity index (χ0) is 20.1. The third kappa shape index (κ3) is 4.13. The highest BCUT2D eigenvalue weighted by molar-refractivity contribution is 5.77. The van der Waals surface area contributed by atoms with Gasteiger partial charge in [-0.1, -0.05) is 13.8 Å². The molecule has 1 amide bonds. The normalized spacial score (nSPS) is 10.9. The van der Waals surface area contributed by atoms with Crippen LogP contribution < -0.4 is 19.5 Å². The van der Waals surface area contributed by atoms with Crippen LogP contribution in [0.5, 0.6) is 17.4 Å². The Morgan fingerprint density at radius 1 is 1.14 bits per heavy atom. The lowest BCUT2D eigenvalue weighted by atomic mass is 10.2. The van der Waals surface area contributed by atoms with Crippen molar-refractivity contribution in [3.8, 4) is 28.8 Å². The molecule has 3 rings (SSSR count). The Bertz CT molecular complexity index is 970. The molecule has 0 aliphatic heterocycles. The molecule has 0 atom stereocenters. The molecular formula is C19H23N5O4. The number of nitrogens with one attached hydrogen (secondary N) is 1. The lowest BCUT2D eigenvalue weighted by Crippen LogP contribution is -2.31. The molecule has 0 radical (unpaired) electrons. The van der Waals surface area contributed by atoms with Crippen molar-refractivity contribution >= 4 is 11.6 Å². The van der Waals surface area contributed by atoms with Crippen LogP contribution in [0.2, 0.25) is 0 Å². The standard InChI is InChI=1S/C19H23N5O4/c1-12(2)19(25)20-9-10-28-17-8-7-16-21-22-18(24(16)23-17)14-6-5-13(26-3)11-15(14)27-4/h5-8,11-12H,9-10H2,1-4H3,(H,20,25). The number of hydrogen-bond acceptors (Lipinski definition) is 7. The summed E-state index contributed by atoms with van der Waals surface area (Å²) in [5.74, 6) is 2.12. The summed E-state index contributed by atoms with van der Waals surface area (Å²) in [6, 6.07) is 8.90. The summed E-state index contributed by atoms with van der Waals surface area (Å²) in [6.07, 6.45) is 0. The van der Waals surface area contributed by atoms with Crippen molar-refractivity contribution < 1.29 is 19.0 Å². The second kappa shape index (κ2) is 8.55. The van der Waals surface area contributed by atoms with Crippen LogP contribution in [0.15, 0.2) is 30.3 Å². The summed E-state index contributed by atoms with van der Waals surface area (Å²) in [6.45, 7) is 4.39. The zero-order valence-electron chi connectivity index (χ0n) is 16.3. The van der Waals surface area contributed by atoms with E-state index in [0.29, 0.717) is 42.0 Å². The fourth-order valence-corrected chi connectivity index (χ4v) is 2.53. The van der Waals surface area contributed by atoms with E-state index in [1.165, 1.54) is 0 Å². The number of methoxy groups -OCH3 is 2. The van der Waals surface area contributed by atoms with E-state index in [1.54, 1.807) is 36.9 Å². The highest BCUT2D eigenvalue weighted by Crippen LogP contribution is 2.32. The number of hydrogen-bond donors (Lipinski definition) is 1. The van der Waals surface area contributed by atoms with Gasteiger partial charge in [0.1, 0.15) is 18.1 Å². The minimum atomic E-state index is -0.0615. The van der Waals surface area contributed by atoms with E-state index in [0.717, 1.165) is 5.56 Å². The number of ether oxygens (including phenoxy) is 3. The van der Waals surface area contributed by atoms with Gasteiger partial charge in [0.2, 0.25) is 11.8 Å². The van der Waals surface area contributed by atoms with Gasteiger partial charge in [-0.2, -0.15) is 4.52 Å². The molecular weight excluding hydrogens is 362 g/mol. The Kier molecular flexibility index (Phi) is 5.93. The van der Waals surface area contributed by atoms with Crippen LogP contribution in [0.3, 0.4) is 0 Å². The van der Waals surface area contributed by atoms with E-state index in [2.05, 4.69) is 20.6 Å². The molecule has 1 aromatic carbocycles. The Labute approximate surface area is 162 Å². The molecule has 0 saturated heterocycles. The quantitative estimate of drug-likeness (QED) is 0.592. The van der Waals surface area contributed by atoms with Crippen molar-refractivity contribution in [2.75, 3.05) is 27.4 Å². The van der Waals surface area contributed by atoms with Crippen molar-refractivity contribution in [1.29, 1.82) is 0 Å². The van der Waals surface area contributed by atoms with Gasteiger partial charge in [-0.25, -0.2) is 0 Å². The van der Waals surface area contributed by atoms with E-state index in [9.17, 15) is 4.79 Å². The topological polar surface area (TPSA) is 99.9 Å². The van der Waals surface area contributed by atoms with Gasteiger partial charge in [-0.05, 0) is 18.2 Å². The fraction of sp³-hybridized carbons (Fsp3) is 0.368. The largest absolute Gasteiger partial charge is 0.497 e. The molecule has 0 aliphatic carbocycles. The number of amides is 1. The number of benzene rings is 1. The van der Waals surface area contributed by atoms with Crippen LogP contribution in [0, 0.1) is 5.92 Å². The van der Waals surface area contributed by atoms with Gasteiger partial charge in [0, 0.05) is 18.1 Å². The molecule has 9 heteroatoms. The molecule has 28 heavy (non-hydrogen) atoms. The van der Waals surface area contributed by atoms with E-state index in [4.69, 9.17) is 14.2 Å². The molecule has 2 heterocycles. The number of fused-ring (bicyclic) bond motifs is 1. The maximum absolute atomic E-state index is 11.6. The van der Waals surface area contributed by atoms with E-state index in [-0.39, 0.29) is 11.8 Å². The van der Waals surface area contributed by atoms with E-state index < -0.39 is 0 Å². The monoisotopic (exact) mass is 385 g/mol. The molecule has 2 aromatic heterocycles. The maximum atomic E-state index is 11.6. The third-order valence-electron chi connectivity index (χ3n) is 4.06. The SMILES string of the molecule is COc1ccc(-c2nnc3ccc(OCCNC(=O)C(C)C)nn23)c(OC)c1. The number of carbonyl (C=O) groups excluding carboxylic acids is 1. The third-order valence-corrected chi connectivity index (χ3v) is 4.06. The first-order chi connectivity index (χ1) is 13.5. The van der Waals surface area contributed by atoms with Gasteiger partial charge in [-0.15, -0.1) is 15.3 Å². The molecule has 0 spiro atoms. The molecule has 0 unspecified atom stereocenters. The molecule has 1 N–H and O–H groups in total. The summed E-state index contributed by atoms with van der Waals surface area (Å²) in [7, 11) is 3.17. The summed E-state index contributed by atoms with van der Waals surface area (Å²) in [5, 5.41) is 15.6. The molecule has 0 aliphatic rings. The Balaban J connectivity index is 1.80. The van der Waals surface area contributed by atoms with Crippen LogP contribution in [-0.2, 0) is 4.79 Å². The Hall–Kier alpha value is -3.36. The van der Waals surface area contributed by atoms with Crippen LogP contribution >= 0.6 is 0 Å². The summed E-state index contributed by atoms with van der Waals surface area (Å²) in [4.78, 5) is 11.6. The van der Waals surface area contributed by atoms with Gasteiger partial charge in [0.25, 0.3) is 0 Å². The highest BCUT2D eigenvalue weighted by Gasteiger charge is 2.16. The molecule has 9 nitrogen and oxygen atoms in total. The first-order valence-electron chi connectivity index (χ1n) is 8.89. The van der Waals surface area contributed by atoms with E-state index in [1.807, 2.05) is 26.0 Å². The van der Waals surface area contributed by atoms with Crippen molar-refractivity contribution in [2.45, 2.75) is 13.8 Å². The average Bonchev–Trinajstić information content (AvgIpc) is 3.13. The second-order valence-corrected chi connectivity index (χ2v) is 6.33. The Morgan fingerprint density at radius 2 is 1.96 bits per heavy atom. The van der Waals surface area contributed by atoms with Crippen LogP contribution in [0.1, 0.15) is 13.8 Å². The molecule has 0 saturated carbocycles. The summed E-state index contributed by atoms with van der Waals surface area (Å²) >= 11 is 0. The van der Waals surface area contributed by atoms with Crippen molar-refractivity contribution in [3.63, 3.8) is 0 Å². The van der Waals surface area contributed by atoms with Crippen LogP contribution in [0.4, 0.5) is 0 Å². The van der Waals surface area contributed by atoms with Crippen LogP contribution in [0.25, 0.3) is 17.0 Å². The minimum Gasteiger partial charge on any atom is -0.497 e. The maximum Gasteiger partial charge on any atom is 0.231 e. The number of nitrogens with zero attached hydrogens (tertiary/aromatic N) is 4. The first kappa shape index (κ1) is 19.4. The van der Waals surface area contributed by atoms with Gasteiger partial charge < -0.3 is 19.5 Å². The lowest BCUT2D eigenvalue weighted by molar-refractivity contribution is -0.124. The smallest absolute Gasteiger partial charge is 0.231 e. The number of carbonyl (C=O) groups is 1. The van der Waals surface area contributed by atoms with Crippen molar-refractivity contribution in [2.24, 2.45) is 5.92 Å². The molecule has 3 aromatic rings. The van der Waals surface area contributed by atoms with Gasteiger partial charge in [-0.3, -0.25) is 4.79 Å². The Morgan fingerprint density at radius 3 is 2.68 bits per heavy atom. The first-order valence-corrected chi connectivity index (χ1v) is 8.89. The molecule has 148 valence electrons. The molecule has 0 bridgehead atoms.